The second-order valence-electron chi connectivity index (χ2n) is 4.49. The summed E-state index contributed by atoms with van der Waals surface area (Å²) in [4.78, 5) is 4.54. The Hall–Kier alpha value is -1.27. The van der Waals surface area contributed by atoms with Crippen molar-refractivity contribution in [3.05, 3.63) is 28.0 Å². The normalized spacial score (nSPS) is 19.5. The molecule has 2 aromatic heterocycles. The molecule has 0 aromatic carbocycles. The summed E-state index contributed by atoms with van der Waals surface area (Å²) < 4.78 is 7.24. The third-order valence-corrected chi connectivity index (χ3v) is 4.05. The molecular weight excluding hydrogens is 248 g/mol. The van der Waals surface area contributed by atoms with Crippen molar-refractivity contribution in [3.8, 4) is 0 Å². The van der Waals surface area contributed by atoms with Gasteiger partial charge in [0.1, 0.15) is 5.01 Å². The van der Waals surface area contributed by atoms with Crippen molar-refractivity contribution in [2.45, 2.75) is 32.2 Å². The van der Waals surface area contributed by atoms with Gasteiger partial charge >= 0.3 is 0 Å². The van der Waals surface area contributed by atoms with Crippen molar-refractivity contribution in [1.29, 1.82) is 0 Å². The predicted octanol–water partition coefficient (Wildman–Crippen LogP) is 1.85. The zero-order valence-corrected chi connectivity index (χ0v) is 11.2. The standard InChI is InChI=1S/C12H16N4OS/c1-2-10-8-18-12(13-10)6-16-5-11(14-15-16)9-3-4-17-7-9/h5,8-9H,2-4,6-7H2,1H3/t9-/m1/s1. The van der Waals surface area contributed by atoms with Gasteiger partial charge in [-0.3, -0.25) is 0 Å². The molecule has 0 radical (unpaired) electrons. The Bertz CT molecular complexity index is 516. The number of hydrogen-bond donors (Lipinski definition) is 0. The van der Waals surface area contributed by atoms with E-state index in [0.717, 1.165) is 42.5 Å². The number of thiazole rings is 1. The lowest BCUT2D eigenvalue weighted by Crippen LogP contribution is -2.00. The van der Waals surface area contributed by atoms with E-state index in [9.17, 15) is 0 Å². The monoisotopic (exact) mass is 264 g/mol. The average Bonchev–Trinajstić information content (AvgIpc) is 3.10. The molecule has 3 rings (SSSR count). The summed E-state index contributed by atoms with van der Waals surface area (Å²) in [7, 11) is 0. The number of nitrogens with zero attached hydrogens (tertiary/aromatic N) is 4. The Labute approximate surface area is 110 Å². The minimum absolute atomic E-state index is 0.418. The van der Waals surface area contributed by atoms with Crippen molar-refractivity contribution >= 4 is 11.3 Å². The minimum atomic E-state index is 0.418. The van der Waals surface area contributed by atoms with Crippen LogP contribution in [0.3, 0.4) is 0 Å². The fourth-order valence-corrected chi connectivity index (χ4v) is 2.94. The minimum Gasteiger partial charge on any atom is -0.381 e. The molecule has 0 amide bonds. The van der Waals surface area contributed by atoms with Crippen LogP contribution in [0.4, 0.5) is 0 Å². The summed E-state index contributed by atoms with van der Waals surface area (Å²) in [6, 6.07) is 0. The maximum absolute atomic E-state index is 5.37. The van der Waals surface area contributed by atoms with Gasteiger partial charge in [-0.15, -0.1) is 16.4 Å². The molecular formula is C12H16N4OS. The first-order chi connectivity index (χ1) is 8.85. The number of ether oxygens (including phenoxy) is 1. The Morgan fingerprint density at radius 2 is 2.50 bits per heavy atom. The third kappa shape index (κ3) is 2.44. The molecule has 1 atom stereocenters. The van der Waals surface area contributed by atoms with E-state index in [2.05, 4.69) is 27.6 Å². The van der Waals surface area contributed by atoms with E-state index in [1.807, 2.05) is 10.9 Å². The van der Waals surface area contributed by atoms with Crippen LogP contribution in [0.5, 0.6) is 0 Å². The molecule has 0 unspecified atom stereocenters. The highest BCUT2D eigenvalue weighted by Crippen LogP contribution is 2.23. The van der Waals surface area contributed by atoms with E-state index in [1.54, 1.807) is 11.3 Å². The summed E-state index contributed by atoms with van der Waals surface area (Å²) >= 11 is 1.69. The Morgan fingerprint density at radius 1 is 1.56 bits per heavy atom. The average molecular weight is 264 g/mol. The van der Waals surface area contributed by atoms with Gasteiger partial charge in [0, 0.05) is 24.1 Å². The lowest BCUT2D eigenvalue weighted by Gasteiger charge is -2.00. The first-order valence-electron chi connectivity index (χ1n) is 6.26. The molecule has 18 heavy (non-hydrogen) atoms. The van der Waals surface area contributed by atoms with Crippen molar-refractivity contribution in [1.82, 2.24) is 20.0 Å². The van der Waals surface area contributed by atoms with Gasteiger partial charge in [-0.1, -0.05) is 12.1 Å². The number of aromatic nitrogens is 4. The van der Waals surface area contributed by atoms with Crippen LogP contribution in [0.1, 0.15) is 35.7 Å². The topological polar surface area (TPSA) is 52.8 Å². The van der Waals surface area contributed by atoms with Gasteiger partial charge < -0.3 is 4.74 Å². The summed E-state index contributed by atoms with van der Waals surface area (Å²) in [5.74, 6) is 0.418. The van der Waals surface area contributed by atoms with Gasteiger partial charge in [0.15, 0.2) is 0 Å². The lowest BCUT2D eigenvalue weighted by molar-refractivity contribution is 0.193. The summed E-state index contributed by atoms with van der Waals surface area (Å²) in [6.45, 7) is 4.44. The van der Waals surface area contributed by atoms with E-state index >= 15 is 0 Å². The molecule has 3 heterocycles. The zero-order valence-electron chi connectivity index (χ0n) is 10.4. The van der Waals surface area contributed by atoms with Gasteiger partial charge in [-0.2, -0.15) is 0 Å². The maximum atomic E-state index is 5.37. The molecule has 0 N–H and O–H groups in total. The molecule has 6 heteroatoms. The van der Waals surface area contributed by atoms with Crippen LogP contribution in [0.25, 0.3) is 0 Å². The SMILES string of the molecule is CCc1csc(Cn2cc([C@@H]3CCOC3)nn2)n1. The van der Waals surface area contributed by atoms with E-state index in [4.69, 9.17) is 4.74 Å². The Morgan fingerprint density at radius 3 is 3.22 bits per heavy atom. The highest BCUT2D eigenvalue weighted by Gasteiger charge is 2.20. The molecule has 96 valence electrons. The van der Waals surface area contributed by atoms with Gasteiger partial charge in [0.25, 0.3) is 0 Å². The molecule has 1 saturated heterocycles. The van der Waals surface area contributed by atoms with E-state index in [-0.39, 0.29) is 0 Å². The molecule has 1 aliphatic heterocycles. The molecule has 0 aliphatic carbocycles. The first kappa shape index (κ1) is 11.8. The summed E-state index contributed by atoms with van der Waals surface area (Å²) in [5, 5.41) is 11.6. The smallest absolute Gasteiger partial charge is 0.114 e. The fourth-order valence-electron chi connectivity index (χ4n) is 2.07. The van der Waals surface area contributed by atoms with Crippen molar-refractivity contribution in [3.63, 3.8) is 0 Å². The largest absolute Gasteiger partial charge is 0.381 e. The van der Waals surface area contributed by atoms with Crippen LogP contribution in [0.2, 0.25) is 0 Å². The second-order valence-corrected chi connectivity index (χ2v) is 5.43. The number of rotatable bonds is 4. The first-order valence-corrected chi connectivity index (χ1v) is 7.14. The van der Waals surface area contributed by atoms with Crippen LogP contribution < -0.4 is 0 Å². The van der Waals surface area contributed by atoms with E-state index in [1.165, 1.54) is 0 Å². The van der Waals surface area contributed by atoms with Crippen molar-refractivity contribution in [2.24, 2.45) is 0 Å². The second kappa shape index (κ2) is 5.16. The Kier molecular flexibility index (Phi) is 3.38. The van der Waals surface area contributed by atoms with Crippen LogP contribution in [0, 0.1) is 0 Å². The molecule has 0 spiro atoms. The van der Waals surface area contributed by atoms with Crippen LogP contribution in [-0.4, -0.2) is 33.2 Å². The van der Waals surface area contributed by atoms with E-state index < -0.39 is 0 Å². The quantitative estimate of drug-likeness (QED) is 0.845. The van der Waals surface area contributed by atoms with Crippen LogP contribution >= 0.6 is 11.3 Å². The molecule has 0 bridgehead atoms. The molecule has 2 aromatic rings. The van der Waals surface area contributed by atoms with E-state index in [0.29, 0.717) is 12.5 Å². The highest BCUT2D eigenvalue weighted by atomic mass is 32.1. The Balaban J connectivity index is 1.69. The van der Waals surface area contributed by atoms with Crippen molar-refractivity contribution in [2.75, 3.05) is 13.2 Å². The van der Waals surface area contributed by atoms with Gasteiger partial charge in [0.05, 0.1) is 24.5 Å². The predicted molar refractivity (Wildman–Crippen MR) is 68.8 cm³/mol. The maximum Gasteiger partial charge on any atom is 0.114 e. The van der Waals surface area contributed by atoms with Gasteiger partial charge in [-0.25, -0.2) is 9.67 Å². The molecule has 0 saturated carbocycles. The highest BCUT2D eigenvalue weighted by molar-refractivity contribution is 7.09. The fraction of sp³-hybridized carbons (Fsp3) is 0.583. The molecule has 1 aliphatic rings. The third-order valence-electron chi connectivity index (χ3n) is 3.16. The molecule has 5 nitrogen and oxygen atoms in total. The number of aryl methyl sites for hydroxylation is 1. The van der Waals surface area contributed by atoms with Gasteiger partial charge in [-0.05, 0) is 12.8 Å². The molecule has 1 fully saturated rings. The summed E-state index contributed by atoms with van der Waals surface area (Å²) in [5.41, 5.74) is 2.19. The van der Waals surface area contributed by atoms with Gasteiger partial charge in [0.2, 0.25) is 0 Å². The lowest BCUT2D eigenvalue weighted by atomic mass is 10.1. The zero-order chi connectivity index (χ0) is 12.4. The summed E-state index contributed by atoms with van der Waals surface area (Å²) in [6.07, 6.45) is 4.06. The van der Waals surface area contributed by atoms with Crippen molar-refractivity contribution < 1.29 is 4.74 Å². The van der Waals surface area contributed by atoms with Crippen LogP contribution in [0.15, 0.2) is 11.6 Å². The van der Waals surface area contributed by atoms with Crippen LogP contribution in [-0.2, 0) is 17.7 Å². The number of hydrogen-bond acceptors (Lipinski definition) is 5.